The van der Waals surface area contributed by atoms with Crippen LogP contribution in [0.1, 0.15) is 16.7 Å². The number of rotatable bonds is 14. The summed E-state index contributed by atoms with van der Waals surface area (Å²) in [6.45, 7) is 0.0410. The molecule has 0 aliphatic rings. The van der Waals surface area contributed by atoms with E-state index in [1.54, 1.807) is 24.3 Å². The molecule has 0 saturated carbocycles. The standard InChI is InChI=1S/C29H34FN3O5S/c1-38-18-17-31-29(35)27(19-23-9-5-3-6-10-23)33(21-25-13-15-26(30)16-14-25)28(34)22-32(39(2,36)37)20-24-11-7-4-8-12-24/h3-16,27H,17-22H2,1-2H3,(H,31,35). The number of hydrogen-bond donors (Lipinski definition) is 1. The molecule has 208 valence electrons. The summed E-state index contributed by atoms with van der Waals surface area (Å²) in [5.74, 6) is -1.38. The highest BCUT2D eigenvalue weighted by atomic mass is 32.2. The van der Waals surface area contributed by atoms with Crippen molar-refractivity contribution >= 4 is 21.8 Å². The Balaban J connectivity index is 1.97. The zero-order valence-electron chi connectivity index (χ0n) is 22.1. The smallest absolute Gasteiger partial charge is 0.243 e. The zero-order chi connectivity index (χ0) is 28.3. The molecule has 2 amide bonds. The summed E-state index contributed by atoms with van der Waals surface area (Å²) < 4.78 is 45.1. The molecule has 0 bridgehead atoms. The Morgan fingerprint density at radius 2 is 1.44 bits per heavy atom. The van der Waals surface area contributed by atoms with Gasteiger partial charge >= 0.3 is 0 Å². The van der Waals surface area contributed by atoms with Crippen LogP contribution in [0.2, 0.25) is 0 Å². The van der Waals surface area contributed by atoms with Crippen LogP contribution in [0.5, 0.6) is 0 Å². The van der Waals surface area contributed by atoms with Crippen LogP contribution >= 0.6 is 0 Å². The van der Waals surface area contributed by atoms with Crippen molar-refractivity contribution in [1.82, 2.24) is 14.5 Å². The van der Waals surface area contributed by atoms with E-state index < -0.39 is 40.2 Å². The van der Waals surface area contributed by atoms with Crippen LogP contribution in [0, 0.1) is 5.82 Å². The average molecular weight is 556 g/mol. The molecule has 0 spiro atoms. The van der Waals surface area contributed by atoms with Gasteiger partial charge in [0.25, 0.3) is 0 Å². The topological polar surface area (TPSA) is 96.0 Å². The van der Waals surface area contributed by atoms with E-state index in [2.05, 4.69) is 5.32 Å². The number of carbonyl (C=O) groups excluding carboxylic acids is 2. The third-order valence-electron chi connectivity index (χ3n) is 6.13. The first-order valence-corrected chi connectivity index (χ1v) is 14.4. The predicted molar refractivity (Wildman–Crippen MR) is 147 cm³/mol. The van der Waals surface area contributed by atoms with Gasteiger partial charge in [0, 0.05) is 33.2 Å². The summed E-state index contributed by atoms with van der Waals surface area (Å²) in [4.78, 5) is 28.7. The van der Waals surface area contributed by atoms with Gasteiger partial charge in [-0.3, -0.25) is 9.59 Å². The maximum Gasteiger partial charge on any atom is 0.243 e. The molecule has 1 atom stereocenters. The number of carbonyl (C=O) groups is 2. The number of methoxy groups -OCH3 is 1. The lowest BCUT2D eigenvalue weighted by Crippen LogP contribution is -2.53. The van der Waals surface area contributed by atoms with Gasteiger partial charge in [-0.05, 0) is 28.8 Å². The minimum atomic E-state index is -3.77. The van der Waals surface area contributed by atoms with Crippen molar-refractivity contribution in [2.24, 2.45) is 0 Å². The number of amides is 2. The molecule has 0 heterocycles. The molecular formula is C29H34FN3O5S. The van der Waals surface area contributed by atoms with E-state index in [0.717, 1.165) is 21.7 Å². The van der Waals surface area contributed by atoms with Gasteiger partial charge in [-0.1, -0.05) is 72.8 Å². The minimum absolute atomic E-state index is 0.000805. The molecule has 0 saturated heterocycles. The maximum absolute atomic E-state index is 13.9. The van der Waals surface area contributed by atoms with Crippen LogP contribution in [0.25, 0.3) is 0 Å². The normalized spacial score (nSPS) is 12.2. The largest absolute Gasteiger partial charge is 0.383 e. The Labute approximate surface area is 229 Å². The molecule has 3 aromatic rings. The first-order chi connectivity index (χ1) is 18.7. The molecular weight excluding hydrogens is 521 g/mol. The highest BCUT2D eigenvalue weighted by Gasteiger charge is 2.32. The van der Waals surface area contributed by atoms with Gasteiger partial charge in [-0.25, -0.2) is 12.8 Å². The number of halogens is 1. The fraction of sp³-hybridized carbons (Fsp3) is 0.310. The number of hydrogen-bond acceptors (Lipinski definition) is 5. The van der Waals surface area contributed by atoms with Crippen LogP contribution in [0.4, 0.5) is 4.39 Å². The number of benzene rings is 3. The van der Waals surface area contributed by atoms with Crippen molar-refractivity contribution in [3.8, 4) is 0 Å². The molecule has 1 unspecified atom stereocenters. The molecule has 1 N–H and O–H groups in total. The number of nitrogens with one attached hydrogen (secondary N) is 1. The summed E-state index contributed by atoms with van der Waals surface area (Å²) in [6.07, 6.45) is 1.25. The lowest BCUT2D eigenvalue weighted by Gasteiger charge is -2.33. The maximum atomic E-state index is 13.9. The van der Waals surface area contributed by atoms with Crippen molar-refractivity contribution in [2.45, 2.75) is 25.6 Å². The summed E-state index contributed by atoms with van der Waals surface area (Å²) in [6, 6.07) is 22.9. The van der Waals surface area contributed by atoms with Gasteiger partial charge in [-0.15, -0.1) is 0 Å². The Bertz CT molecular complexity index is 1310. The van der Waals surface area contributed by atoms with E-state index in [0.29, 0.717) is 5.56 Å². The van der Waals surface area contributed by atoms with Gasteiger partial charge in [0.05, 0.1) is 19.4 Å². The SMILES string of the molecule is COCCNC(=O)C(Cc1ccccc1)N(Cc1ccc(F)cc1)C(=O)CN(Cc1ccccc1)S(C)(=O)=O. The van der Waals surface area contributed by atoms with Crippen molar-refractivity contribution in [1.29, 1.82) is 0 Å². The molecule has 3 rings (SSSR count). The highest BCUT2D eigenvalue weighted by molar-refractivity contribution is 7.88. The van der Waals surface area contributed by atoms with E-state index in [-0.39, 0.29) is 32.7 Å². The van der Waals surface area contributed by atoms with E-state index >= 15 is 0 Å². The molecule has 0 aliphatic heterocycles. The van der Waals surface area contributed by atoms with Crippen LogP contribution in [-0.2, 0) is 43.9 Å². The molecule has 10 heteroatoms. The molecule has 0 aromatic heterocycles. The van der Waals surface area contributed by atoms with E-state index in [4.69, 9.17) is 4.74 Å². The highest BCUT2D eigenvalue weighted by Crippen LogP contribution is 2.17. The van der Waals surface area contributed by atoms with Gasteiger partial charge in [0.15, 0.2) is 0 Å². The Kier molecular flexibility index (Phi) is 11.2. The zero-order valence-corrected chi connectivity index (χ0v) is 22.9. The molecule has 8 nitrogen and oxygen atoms in total. The lowest BCUT2D eigenvalue weighted by molar-refractivity contribution is -0.141. The first kappa shape index (κ1) is 29.9. The molecule has 39 heavy (non-hydrogen) atoms. The third kappa shape index (κ3) is 9.58. The second-order valence-corrected chi connectivity index (χ2v) is 11.1. The summed E-state index contributed by atoms with van der Waals surface area (Å²) in [5.41, 5.74) is 2.14. The van der Waals surface area contributed by atoms with Crippen molar-refractivity contribution in [3.63, 3.8) is 0 Å². The van der Waals surface area contributed by atoms with Crippen LogP contribution in [-0.4, -0.2) is 68.5 Å². The van der Waals surface area contributed by atoms with Crippen molar-refractivity contribution in [2.75, 3.05) is 33.1 Å². The molecule has 0 radical (unpaired) electrons. The van der Waals surface area contributed by atoms with E-state index in [1.807, 2.05) is 36.4 Å². The van der Waals surface area contributed by atoms with Gasteiger partial charge in [0.1, 0.15) is 11.9 Å². The van der Waals surface area contributed by atoms with E-state index in [1.165, 1.54) is 36.3 Å². The number of ether oxygens (including phenoxy) is 1. The number of nitrogens with zero attached hydrogens (tertiary/aromatic N) is 2. The Morgan fingerprint density at radius 1 is 0.872 bits per heavy atom. The summed E-state index contributed by atoms with van der Waals surface area (Å²) >= 11 is 0. The van der Waals surface area contributed by atoms with Crippen LogP contribution in [0.15, 0.2) is 84.9 Å². The average Bonchev–Trinajstić information content (AvgIpc) is 2.92. The fourth-order valence-electron chi connectivity index (χ4n) is 4.05. The molecule has 0 aliphatic carbocycles. The molecule has 0 fully saturated rings. The second-order valence-electron chi connectivity index (χ2n) is 9.15. The quantitative estimate of drug-likeness (QED) is 0.309. The third-order valence-corrected chi connectivity index (χ3v) is 7.32. The predicted octanol–water partition coefficient (Wildman–Crippen LogP) is 2.99. The number of sulfonamides is 1. The van der Waals surface area contributed by atoms with Crippen LogP contribution < -0.4 is 5.32 Å². The van der Waals surface area contributed by atoms with E-state index in [9.17, 15) is 22.4 Å². The van der Waals surface area contributed by atoms with Gasteiger partial charge in [0.2, 0.25) is 21.8 Å². The second kappa shape index (κ2) is 14.5. The Morgan fingerprint density at radius 3 is 2.00 bits per heavy atom. The Hall–Kier alpha value is -3.60. The first-order valence-electron chi connectivity index (χ1n) is 12.5. The van der Waals surface area contributed by atoms with Gasteiger partial charge < -0.3 is 15.0 Å². The monoisotopic (exact) mass is 555 g/mol. The summed E-state index contributed by atoms with van der Waals surface area (Å²) in [5, 5.41) is 2.81. The lowest BCUT2D eigenvalue weighted by atomic mass is 10.0. The van der Waals surface area contributed by atoms with Crippen molar-refractivity contribution < 1.29 is 27.1 Å². The van der Waals surface area contributed by atoms with Crippen molar-refractivity contribution in [3.05, 3.63) is 107 Å². The molecule has 3 aromatic carbocycles. The van der Waals surface area contributed by atoms with Crippen LogP contribution in [0.3, 0.4) is 0 Å². The fourth-order valence-corrected chi connectivity index (χ4v) is 4.78. The minimum Gasteiger partial charge on any atom is -0.383 e. The van der Waals surface area contributed by atoms with Gasteiger partial charge in [-0.2, -0.15) is 4.31 Å². The summed E-state index contributed by atoms with van der Waals surface area (Å²) in [7, 11) is -2.26.